The molecule has 6 heteroatoms. The third-order valence-electron chi connectivity index (χ3n) is 2.29. The molecule has 0 aliphatic rings. The molecule has 1 aromatic rings. The van der Waals surface area contributed by atoms with Crippen LogP contribution in [0.4, 0.5) is 0 Å². The second-order valence-electron chi connectivity index (χ2n) is 3.36. The van der Waals surface area contributed by atoms with Crippen molar-refractivity contribution in [1.29, 1.82) is 0 Å². The van der Waals surface area contributed by atoms with Crippen molar-refractivity contribution < 1.29 is 8.42 Å². The Morgan fingerprint density at radius 2 is 2.07 bits per heavy atom. The number of nitrogens with one attached hydrogen (secondary N) is 1. The molecule has 0 amide bonds. The van der Waals surface area contributed by atoms with Crippen LogP contribution in [0.1, 0.15) is 19.5 Å². The lowest BCUT2D eigenvalue weighted by atomic mass is 10.3. The molecule has 0 atom stereocenters. The normalized spacial score (nSPS) is 11.9. The van der Waals surface area contributed by atoms with E-state index in [2.05, 4.69) is 5.10 Å². The Hall–Kier alpha value is -1.04. The lowest BCUT2D eigenvalue weighted by Gasteiger charge is -2.02. The number of rotatable bonds is 5. The van der Waals surface area contributed by atoms with Crippen molar-refractivity contribution in [3.05, 3.63) is 22.1 Å². The van der Waals surface area contributed by atoms with Gasteiger partial charge in [0.05, 0.1) is 12.3 Å². The largest absolute Gasteiger partial charge is 0.300 e. The first-order valence-corrected chi connectivity index (χ1v) is 6.79. The van der Waals surface area contributed by atoms with E-state index in [1.54, 1.807) is 6.92 Å². The van der Waals surface area contributed by atoms with Gasteiger partial charge >= 0.3 is 0 Å². The summed E-state index contributed by atoms with van der Waals surface area (Å²) >= 11 is 0. The van der Waals surface area contributed by atoms with Gasteiger partial charge in [0, 0.05) is 17.5 Å². The lowest BCUT2D eigenvalue weighted by molar-refractivity contribution is 0.576. The van der Waals surface area contributed by atoms with Gasteiger partial charge in [0.15, 0.2) is 9.84 Å². The Labute approximate surface area is 89.0 Å². The second kappa shape index (κ2) is 4.65. The molecule has 1 N–H and O–H groups in total. The van der Waals surface area contributed by atoms with Crippen molar-refractivity contribution >= 4 is 9.84 Å². The molecule has 1 aromatic heterocycles. The minimum absolute atomic E-state index is 0.00702. The summed E-state index contributed by atoms with van der Waals surface area (Å²) in [7, 11) is -3.01. The highest BCUT2D eigenvalue weighted by Crippen LogP contribution is 1.94. The minimum atomic E-state index is -3.01. The molecule has 1 heterocycles. The quantitative estimate of drug-likeness (QED) is 0.786. The summed E-state index contributed by atoms with van der Waals surface area (Å²) in [6.07, 6.45) is 0.739. The van der Waals surface area contributed by atoms with Crippen molar-refractivity contribution in [1.82, 2.24) is 9.78 Å². The van der Waals surface area contributed by atoms with Crippen LogP contribution in [0.3, 0.4) is 0 Å². The van der Waals surface area contributed by atoms with Gasteiger partial charge in [-0.1, -0.05) is 13.8 Å². The summed E-state index contributed by atoms with van der Waals surface area (Å²) < 4.78 is 23.8. The summed E-state index contributed by atoms with van der Waals surface area (Å²) in [5.74, 6) is 0.121. The van der Waals surface area contributed by atoms with Crippen LogP contribution < -0.4 is 5.56 Å². The number of aromatic amines is 1. The molecule has 0 aliphatic heterocycles. The highest BCUT2D eigenvalue weighted by atomic mass is 32.2. The average Bonchev–Trinajstić information content (AvgIpc) is 2.57. The van der Waals surface area contributed by atoms with Crippen LogP contribution in [-0.2, 0) is 22.8 Å². The van der Waals surface area contributed by atoms with Gasteiger partial charge in [0.2, 0.25) is 0 Å². The molecule has 0 saturated heterocycles. The van der Waals surface area contributed by atoms with E-state index in [-0.39, 0.29) is 23.6 Å². The molecular formula is C9H16N2O3S. The van der Waals surface area contributed by atoms with Crippen molar-refractivity contribution in [2.45, 2.75) is 26.8 Å². The first-order chi connectivity index (χ1) is 6.98. The molecule has 0 radical (unpaired) electrons. The van der Waals surface area contributed by atoms with Crippen LogP contribution in [-0.4, -0.2) is 29.7 Å². The number of sulfone groups is 1. The van der Waals surface area contributed by atoms with E-state index in [1.807, 2.05) is 6.92 Å². The molecule has 5 nitrogen and oxygen atoms in total. The van der Waals surface area contributed by atoms with Crippen molar-refractivity contribution in [2.24, 2.45) is 0 Å². The maximum atomic E-state index is 11.3. The second-order valence-corrected chi connectivity index (χ2v) is 5.83. The van der Waals surface area contributed by atoms with Crippen LogP contribution in [0.15, 0.2) is 10.9 Å². The van der Waals surface area contributed by atoms with Crippen LogP contribution >= 0.6 is 0 Å². The number of aryl methyl sites for hydroxylation is 2. The highest BCUT2D eigenvalue weighted by Gasteiger charge is 2.09. The molecule has 86 valence electrons. The van der Waals surface area contributed by atoms with E-state index < -0.39 is 9.84 Å². The predicted molar refractivity (Wildman–Crippen MR) is 58.8 cm³/mol. The highest BCUT2D eigenvalue weighted by molar-refractivity contribution is 7.91. The Morgan fingerprint density at radius 3 is 2.53 bits per heavy atom. The van der Waals surface area contributed by atoms with E-state index in [9.17, 15) is 13.2 Å². The number of hydrogen-bond donors (Lipinski definition) is 1. The van der Waals surface area contributed by atoms with E-state index in [4.69, 9.17) is 0 Å². The molecule has 0 bridgehead atoms. The molecule has 0 aromatic carbocycles. The molecule has 0 saturated carbocycles. The van der Waals surface area contributed by atoms with Gasteiger partial charge < -0.3 is 0 Å². The molecular weight excluding hydrogens is 216 g/mol. The number of aromatic nitrogens is 2. The molecule has 0 spiro atoms. The van der Waals surface area contributed by atoms with Crippen molar-refractivity contribution in [3.8, 4) is 0 Å². The van der Waals surface area contributed by atoms with Crippen LogP contribution in [0.25, 0.3) is 0 Å². The van der Waals surface area contributed by atoms with E-state index in [0.29, 0.717) is 0 Å². The number of hydrogen-bond acceptors (Lipinski definition) is 3. The molecule has 15 heavy (non-hydrogen) atoms. The first kappa shape index (κ1) is 12.0. The summed E-state index contributed by atoms with van der Waals surface area (Å²) in [5, 5.41) is 2.87. The SMILES string of the molecule is CCc1cc(=O)n(CCS(=O)(=O)CC)[nH]1. The third-order valence-corrected chi connectivity index (χ3v) is 3.97. The average molecular weight is 232 g/mol. The van der Waals surface area contributed by atoms with Gasteiger partial charge in [-0.25, -0.2) is 8.42 Å². The Bertz CT molecular complexity index is 470. The van der Waals surface area contributed by atoms with Gasteiger partial charge in [0.1, 0.15) is 0 Å². The Balaban J connectivity index is 2.74. The zero-order valence-corrected chi connectivity index (χ0v) is 9.80. The summed E-state index contributed by atoms with van der Waals surface area (Å²) in [6, 6.07) is 1.50. The standard InChI is InChI=1S/C9H16N2O3S/c1-3-8-7-9(12)11(10-8)5-6-15(13,14)4-2/h7,10H,3-6H2,1-2H3. The van der Waals surface area contributed by atoms with Crippen molar-refractivity contribution in [2.75, 3.05) is 11.5 Å². The summed E-state index contributed by atoms with van der Waals surface area (Å²) in [6.45, 7) is 3.73. The van der Waals surface area contributed by atoms with E-state index >= 15 is 0 Å². The zero-order valence-electron chi connectivity index (χ0n) is 8.99. The molecule has 0 fully saturated rings. The Morgan fingerprint density at radius 1 is 1.40 bits per heavy atom. The van der Waals surface area contributed by atoms with E-state index in [0.717, 1.165) is 12.1 Å². The molecule has 0 aliphatic carbocycles. The fraction of sp³-hybridized carbons (Fsp3) is 0.667. The van der Waals surface area contributed by atoms with Gasteiger partial charge in [-0.2, -0.15) is 0 Å². The van der Waals surface area contributed by atoms with Gasteiger partial charge in [-0.05, 0) is 6.42 Å². The maximum Gasteiger partial charge on any atom is 0.266 e. The predicted octanol–water partition coefficient (Wildman–Crippen LogP) is 0.174. The van der Waals surface area contributed by atoms with Crippen LogP contribution in [0.5, 0.6) is 0 Å². The van der Waals surface area contributed by atoms with Crippen LogP contribution in [0, 0.1) is 0 Å². The summed E-state index contributed by atoms with van der Waals surface area (Å²) in [4.78, 5) is 11.3. The van der Waals surface area contributed by atoms with Gasteiger partial charge in [-0.15, -0.1) is 0 Å². The minimum Gasteiger partial charge on any atom is -0.300 e. The van der Waals surface area contributed by atoms with Crippen LogP contribution in [0.2, 0.25) is 0 Å². The van der Waals surface area contributed by atoms with Crippen molar-refractivity contribution in [3.63, 3.8) is 0 Å². The third kappa shape index (κ3) is 3.23. The number of nitrogens with zero attached hydrogens (tertiary/aromatic N) is 1. The summed E-state index contributed by atoms with van der Waals surface area (Å²) in [5.41, 5.74) is 0.659. The number of H-pyrrole nitrogens is 1. The fourth-order valence-corrected chi connectivity index (χ4v) is 1.96. The van der Waals surface area contributed by atoms with Gasteiger partial charge in [-0.3, -0.25) is 14.6 Å². The van der Waals surface area contributed by atoms with Gasteiger partial charge in [0.25, 0.3) is 5.56 Å². The molecule has 0 unspecified atom stereocenters. The fourth-order valence-electron chi connectivity index (χ4n) is 1.21. The maximum absolute atomic E-state index is 11.3. The van der Waals surface area contributed by atoms with E-state index in [1.165, 1.54) is 10.7 Å². The first-order valence-electron chi connectivity index (χ1n) is 4.97. The topological polar surface area (TPSA) is 71.9 Å². The zero-order chi connectivity index (χ0) is 11.5. The monoisotopic (exact) mass is 232 g/mol. The smallest absolute Gasteiger partial charge is 0.266 e. The lowest BCUT2D eigenvalue weighted by Crippen LogP contribution is -2.22. The molecule has 1 rings (SSSR count). The Kier molecular flexibility index (Phi) is 3.73.